The molecule has 3 nitrogen and oxygen atoms in total. The van der Waals surface area contributed by atoms with E-state index in [0.29, 0.717) is 11.3 Å². The maximum Gasteiger partial charge on any atom is 0.299 e. The molecule has 3 heteroatoms. The highest BCUT2D eigenvalue weighted by Gasteiger charge is 2.32. The first-order valence-corrected chi connectivity index (χ1v) is 5.63. The van der Waals surface area contributed by atoms with Gasteiger partial charge in [-0.15, -0.1) is 0 Å². The van der Waals surface area contributed by atoms with Gasteiger partial charge in [0, 0.05) is 7.05 Å². The second kappa shape index (κ2) is 6.77. The highest BCUT2D eigenvalue weighted by Crippen LogP contribution is 2.26. The number of para-hydroxylation sites is 1. The van der Waals surface area contributed by atoms with Crippen molar-refractivity contribution in [2.24, 2.45) is 0 Å². The molecule has 1 aliphatic rings. The Morgan fingerprint density at radius 2 is 1.44 bits per heavy atom. The number of carbonyl (C=O) groups excluding carboxylic acids is 2. The average molecular weight is 221 g/mol. The van der Waals surface area contributed by atoms with Crippen LogP contribution in [0, 0.1) is 0 Å². The van der Waals surface area contributed by atoms with Crippen molar-refractivity contribution in [1.29, 1.82) is 0 Å². The SMILES string of the molecule is CC.CC.CN1C(=O)C(=O)c2ccccc21. The number of carbonyl (C=O) groups is 2. The van der Waals surface area contributed by atoms with Gasteiger partial charge in [0.1, 0.15) is 0 Å². The summed E-state index contributed by atoms with van der Waals surface area (Å²) in [5.74, 6) is -0.857. The van der Waals surface area contributed by atoms with E-state index in [1.54, 1.807) is 31.3 Å². The Bertz CT molecular complexity index is 372. The van der Waals surface area contributed by atoms with Gasteiger partial charge >= 0.3 is 0 Å². The van der Waals surface area contributed by atoms with Crippen LogP contribution in [0.15, 0.2) is 24.3 Å². The van der Waals surface area contributed by atoms with Crippen LogP contribution < -0.4 is 4.90 Å². The fourth-order valence-corrected chi connectivity index (χ4v) is 1.34. The standard InChI is InChI=1S/C9H7NO2.2C2H6/c1-10-7-5-3-2-4-6(7)8(11)9(10)12;2*1-2/h2-5H,1H3;2*1-2H3. The monoisotopic (exact) mass is 221 g/mol. The van der Waals surface area contributed by atoms with Crippen LogP contribution in [0.5, 0.6) is 0 Å². The van der Waals surface area contributed by atoms with Gasteiger partial charge in [-0.2, -0.15) is 0 Å². The molecule has 0 bridgehead atoms. The molecular formula is C13H19NO2. The summed E-state index contributed by atoms with van der Waals surface area (Å²) < 4.78 is 0. The highest BCUT2D eigenvalue weighted by atomic mass is 16.2. The average Bonchev–Trinajstić information content (AvgIpc) is 2.60. The smallest absolute Gasteiger partial charge is 0.299 e. The van der Waals surface area contributed by atoms with E-state index in [0.717, 1.165) is 0 Å². The minimum absolute atomic E-state index is 0.409. The van der Waals surface area contributed by atoms with Gasteiger partial charge in [0.05, 0.1) is 11.3 Å². The van der Waals surface area contributed by atoms with Crippen LogP contribution in [0.2, 0.25) is 0 Å². The van der Waals surface area contributed by atoms with Crippen LogP contribution in [0.3, 0.4) is 0 Å². The molecule has 1 aliphatic heterocycles. The number of benzene rings is 1. The fourth-order valence-electron chi connectivity index (χ4n) is 1.34. The van der Waals surface area contributed by atoms with E-state index in [9.17, 15) is 9.59 Å². The number of nitrogens with zero attached hydrogens (tertiary/aromatic N) is 1. The maximum absolute atomic E-state index is 11.2. The van der Waals surface area contributed by atoms with Crippen molar-refractivity contribution in [3.63, 3.8) is 0 Å². The summed E-state index contributed by atoms with van der Waals surface area (Å²) in [5, 5.41) is 0. The van der Waals surface area contributed by atoms with Crippen molar-refractivity contribution in [2.45, 2.75) is 27.7 Å². The molecule has 1 aromatic rings. The summed E-state index contributed by atoms with van der Waals surface area (Å²) in [6, 6.07) is 6.99. The third-order valence-electron chi connectivity index (χ3n) is 2.01. The van der Waals surface area contributed by atoms with Crippen molar-refractivity contribution in [2.75, 3.05) is 11.9 Å². The predicted molar refractivity (Wildman–Crippen MR) is 66.9 cm³/mol. The molecule has 0 N–H and O–H groups in total. The zero-order valence-electron chi connectivity index (χ0n) is 10.6. The van der Waals surface area contributed by atoms with Gasteiger partial charge in [-0.1, -0.05) is 39.8 Å². The quantitative estimate of drug-likeness (QED) is 0.632. The Morgan fingerprint density at radius 3 is 1.94 bits per heavy atom. The Kier molecular flexibility index (Phi) is 6.08. The Labute approximate surface area is 97.1 Å². The maximum atomic E-state index is 11.2. The van der Waals surface area contributed by atoms with Crippen molar-refractivity contribution in [1.82, 2.24) is 0 Å². The van der Waals surface area contributed by atoms with Gasteiger partial charge in [-0.3, -0.25) is 9.59 Å². The molecule has 0 atom stereocenters. The van der Waals surface area contributed by atoms with Crippen LogP contribution in [0.25, 0.3) is 0 Å². The van der Waals surface area contributed by atoms with Crippen LogP contribution in [0.4, 0.5) is 5.69 Å². The first kappa shape index (κ1) is 14.4. The van der Waals surface area contributed by atoms with Crippen LogP contribution in [-0.2, 0) is 4.79 Å². The van der Waals surface area contributed by atoms with Crippen molar-refractivity contribution < 1.29 is 9.59 Å². The van der Waals surface area contributed by atoms with E-state index in [1.165, 1.54) is 4.90 Å². The lowest BCUT2D eigenvalue weighted by Gasteiger charge is -2.06. The summed E-state index contributed by atoms with van der Waals surface area (Å²) >= 11 is 0. The van der Waals surface area contributed by atoms with Gasteiger partial charge < -0.3 is 4.90 Å². The zero-order valence-corrected chi connectivity index (χ0v) is 10.6. The molecule has 0 aromatic heterocycles. The molecule has 16 heavy (non-hydrogen) atoms. The van der Waals surface area contributed by atoms with Crippen LogP contribution in [-0.4, -0.2) is 18.7 Å². The molecule has 0 fully saturated rings. The van der Waals surface area contributed by atoms with Gasteiger partial charge in [-0.25, -0.2) is 0 Å². The number of anilines is 1. The molecule has 0 saturated heterocycles. The number of likely N-dealkylation sites (N-methyl/N-ethyl adjacent to an activating group) is 1. The third-order valence-corrected chi connectivity index (χ3v) is 2.01. The lowest BCUT2D eigenvalue weighted by atomic mass is 10.1. The number of rotatable bonds is 0. The molecule has 0 unspecified atom stereocenters. The fraction of sp³-hybridized carbons (Fsp3) is 0.385. The van der Waals surface area contributed by atoms with E-state index in [1.807, 2.05) is 27.7 Å². The van der Waals surface area contributed by atoms with Crippen molar-refractivity contribution in [3.8, 4) is 0 Å². The summed E-state index contributed by atoms with van der Waals surface area (Å²) in [4.78, 5) is 23.7. The first-order valence-electron chi connectivity index (χ1n) is 5.63. The van der Waals surface area contributed by atoms with E-state index < -0.39 is 11.7 Å². The normalized spacial score (nSPS) is 12.2. The van der Waals surface area contributed by atoms with Gasteiger partial charge in [0.15, 0.2) is 0 Å². The molecule has 2 rings (SSSR count). The molecule has 1 amide bonds. The molecule has 0 saturated carbocycles. The van der Waals surface area contributed by atoms with E-state index >= 15 is 0 Å². The number of ketones is 1. The lowest BCUT2D eigenvalue weighted by Crippen LogP contribution is -2.24. The predicted octanol–water partition coefficient (Wildman–Crippen LogP) is 2.90. The molecule has 1 aromatic carbocycles. The van der Waals surface area contributed by atoms with E-state index in [-0.39, 0.29) is 0 Å². The van der Waals surface area contributed by atoms with Gasteiger partial charge in [0.2, 0.25) is 0 Å². The molecule has 88 valence electrons. The lowest BCUT2D eigenvalue weighted by molar-refractivity contribution is -0.114. The highest BCUT2D eigenvalue weighted by molar-refractivity contribution is 6.52. The van der Waals surface area contributed by atoms with E-state index in [2.05, 4.69) is 0 Å². The number of hydrogen-bond acceptors (Lipinski definition) is 2. The second-order valence-corrected chi connectivity index (χ2v) is 2.71. The molecule has 0 radical (unpaired) electrons. The van der Waals surface area contributed by atoms with Crippen LogP contribution >= 0.6 is 0 Å². The van der Waals surface area contributed by atoms with Crippen LogP contribution in [0.1, 0.15) is 38.1 Å². The Balaban J connectivity index is 0.000000509. The van der Waals surface area contributed by atoms with Crippen molar-refractivity contribution >= 4 is 17.4 Å². The summed E-state index contributed by atoms with van der Waals surface area (Å²) in [6.07, 6.45) is 0. The minimum Gasteiger partial charge on any atom is -0.308 e. The summed E-state index contributed by atoms with van der Waals surface area (Å²) in [7, 11) is 1.60. The number of fused-ring (bicyclic) bond motifs is 1. The number of hydrogen-bond donors (Lipinski definition) is 0. The topological polar surface area (TPSA) is 37.4 Å². The molecule has 0 spiro atoms. The van der Waals surface area contributed by atoms with Crippen molar-refractivity contribution in [3.05, 3.63) is 29.8 Å². The largest absolute Gasteiger partial charge is 0.308 e. The summed E-state index contributed by atoms with van der Waals surface area (Å²) in [6.45, 7) is 8.00. The minimum atomic E-state index is -0.448. The van der Waals surface area contributed by atoms with Gasteiger partial charge in [0.25, 0.3) is 11.7 Å². The number of amides is 1. The second-order valence-electron chi connectivity index (χ2n) is 2.71. The van der Waals surface area contributed by atoms with E-state index in [4.69, 9.17) is 0 Å². The zero-order chi connectivity index (χ0) is 12.7. The van der Waals surface area contributed by atoms with Gasteiger partial charge in [-0.05, 0) is 12.1 Å². The Morgan fingerprint density at radius 1 is 0.938 bits per heavy atom. The third kappa shape index (κ3) is 2.48. The molecule has 0 aliphatic carbocycles. The first-order chi connectivity index (χ1) is 7.72. The number of Topliss-reactive ketones (excluding diaryl/α,β-unsaturated/α-hetero) is 1. The Hall–Kier alpha value is -1.64. The molecule has 1 heterocycles. The summed E-state index contributed by atoms with van der Waals surface area (Å²) in [5.41, 5.74) is 1.21. The molecular weight excluding hydrogens is 202 g/mol.